The quantitative estimate of drug-likeness (QED) is 0.607. The Kier molecular flexibility index (Phi) is 3.42. The van der Waals surface area contributed by atoms with Crippen molar-refractivity contribution in [3.8, 4) is 0 Å². The normalized spacial score (nSPS) is 38.8. The highest BCUT2D eigenvalue weighted by molar-refractivity contribution is 4.97. The van der Waals surface area contributed by atoms with Gasteiger partial charge in [0.15, 0.2) is 0 Å². The van der Waals surface area contributed by atoms with Gasteiger partial charge in [-0.2, -0.15) is 0 Å². The molecule has 0 aromatic carbocycles. The van der Waals surface area contributed by atoms with E-state index in [1.807, 2.05) is 0 Å². The maximum atomic E-state index is 2.65. The van der Waals surface area contributed by atoms with Crippen LogP contribution in [0.2, 0.25) is 0 Å². The van der Waals surface area contributed by atoms with Crippen molar-refractivity contribution in [3.05, 3.63) is 6.42 Å². The van der Waals surface area contributed by atoms with E-state index in [-0.39, 0.29) is 0 Å². The zero-order chi connectivity index (χ0) is 10.9. The first kappa shape index (κ1) is 11.5. The molecular formula is C15H27. The molecular weight excluding hydrogens is 180 g/mol. The van der Waals surface area contributed by atoms with Crippen LogP contribution in [0.15, 0.2) is 0 Å². The molecule has 1 radical (unpaired) electrons. The molecule has 0 spiro atoms. The minimum absolute atomic E-state index is 0.669. The van der Waals surface area contributed by atoms with Gasteiger partial charge in [0.1, 0.15) is 0 Å². The summed E-state index contributed by atoms with van der Waals surface area (Å²) in [5.74, 6) is 2.81. The fraction of sp³-hybridized carbons (Fsp3) is 0.933. The van der Waals surface area contributed by atoms with E-state index in [4.69, 9.17) is 0 Å². The van der Waals surface area contributed by atoms with Crippen LogP contribution in [0.4, 0.5) is 0 Å². The van der Waals surface area contributed by atoms with Crippen molar-refractivity contribution in [3.63, 3.8) is 0 Å². The number of rotatable bonds is 2. The Morgan fingerprint density at radius 2 is 1.80 bits per heavy atom. The molecule has 2 atom stereocenters. The van der Waals surface area contributed by atoms with Crippen LogP contribution in [0, 0.1) is 29.6 Å². The summed E-state index contributed by atoms with van der Waals surface area (Å²) in [5.41, 5.74) is 0.669. The summed E-state index contributed by atoms with van der Waals surface area (Å²) < 4.78 is 0. The van der Waals surface area contributed by atoms with E-state index >= 15 is 0 Å². The highest BCUT2D eigenvalue weighted by Crippen LogP contribution is 2.50. The first-order valence-corrected chi connectivity index (χ1v) is 6.95. The van der Waals surface area contributed by atoms with E-state index < -0.39 is 0 Å². The zero-order valence-electron chi connectivity index (χ0n) is 10.8. The van der Waals surface area contributed by atoms with Gasteiger partial charge < -0.3 is 0 Å². The van der Waals surface area contributed by atoms with Gasteiger partial charge >= 0.3 is 0 Å². The fourth-order valence-corrected chi connectivity index (χ4v) is 3.74. The third-order valence-corrected chi connectivity index (χ3v) is 5.13. The molecule has 15 heavy (non-hydrogen) atoms. The van der Waals surface area contributed by atoms with Crippen molar-refractivity contribution in [2.75, 3.05) is 0 Å². The first-order valence-electron chi connectivity index (χ1n) is 6.95. The summed E-state index contributed by atoms with van der Waals surface area (Å²) in [6.07, 6.45) is 13.0. The summed E-state index contributed by atoms with van der Waals surface area (Å²) >= 11 is 0. The Labute approximate surface area is 95.8 Å². The Hall–Kier alpha value is 0. The van der Waals surface area contributed by atoms with E-state index in [2.05, 4.69) is 27.2 Å². The van der Waals surface area contributed by atoms with Crippen molar-refractivity contribution in [1.82, 2.24) is 0 Å². The molecule has 2 fully saturated rings. The van der Waals surface area contributed by atoms with E-state index in [0.29, 0.717) is 5.41 Å². The SMILES string of the molecule is CC(C)C1[CH]CC(C)(C2CCCC2)CC1. The second-order valence-electron chi connectivity index (χ2n) is 6.52. The van der Waals surface area contributed by atoms with Gasteiger partial charge in [-0.3, -0.25) is 0 Å². The summed E-state index contributed by atoms with van der Waals surface area (Å²) in [5, 5.41) is 0. The van der Waals surface area contributed by atoms with Crippen molar-refractivity contribution >= 4 is 0 Å². The standard InChI is InChI=1S/C15H27/c1-12(2)13-8-10-15(3,11-9-13)14-6-4-5-7-14/h8,12-14H,4-7,9-11H2,1-3H3. The number of hydrogen-bond donors (Lipinski definition) is 0. The van der Waals surface area contributed by atoms with Crippen LogP contribution < -0.4 is 0 Å². The summed E-state index contributed by atoms with van der Waals surface area (Å²) in [7, 11) is 0. The monoisotopic (exact) mass is 207 g/mol. The topological polar surface area (TPSA) is 0 Å². The van der Waals surface area contributed by atoms with E-state index in [0.717, 1.165) is 17.8 Å². The van der Waals surface area contributed by atoms with Crippen molar-refractivity contribution in [1.29, 1.82) is 0 Å². The third kappa shape index (κ3) is 2.40. The minimum atomic E-state index is 0.669. The maximum absolute atomic E-state index is 2.65. The van der Waals surface area contributed by atoms with Crippen molar-refractivity contribution < 1.29 is 0 Å². The van der Waals surface area contributed by atoms with E-state index in [1.54, 1.807) is 0 Å². The minimum Gasteiger partial charge on any atom is -0.0625 e. The van der Waals surface area contributed by atoms with Crippen LogP contribution in [0.3, 0.4) is 0 Å². The van der Waals surface area contributed by atoms with Gasteiger partial charge in [0.25, 0.3) is 0 Å². The molecule has 0 bridgehead atoms. The number of hydrogen-bond acceptors (Lipinski definition) is 0. The van der Waals surface area contributed by atoms with Crippen LogP contribution in [-0.4, -0.2) is 0 Å². The summed E-state index contributed by atoms with van der Waals surface area (Å²) in [6, 6.07) is 0. The Morgan fingerprint density at radius 3 is 2.27 bits per heavy atom. The van der Waals surface area contributed by atoms with Gasteiger partial charge in [-0.1, -0.05) is 33.6 Å². The van der Waals surface area contributed by atoms with Crippen molar-refractivity contribution in [2.24, 2.45) is 23.2 Å². The lowest BCUT2D eigenvalue weighted by Gasteiger charge is -2.42. The van der Waals surface area contributed by atoms with Gasteiger partial charge in [-0.15, -0.1) is 0 Å². The van der Waals surface area contributed by atoms with Crippen LogP contribution in [0.5, 0.6) is 0 Å². The lowest BCUT2D eigenvalue weighted by Crippen LogP contribution is -2.32. The van der Waals surface area contributed by atoms with Gasteiger partial charge in [-0.25, -0.2) is 0 Å². The molecule has 2 rings (SSSR count). The predicted octanol–water partition coefficient (Wildman–Crippen LogP) is 4.84. The maximum Gasteiger partial charge on any atom is -0.0295 e. The second kappa shape index (κ2) is 4.47. The molecule has 0 heterocycles. The molecule has 0 aliphatic heterocycles. The molecule has 0 aromatic heterocycles. The van der Waals surface area contributed by atoms with Crippen LogP contribution >= 0.6 is 0 Å². The average molecular weight is 207 g/mol. The van der Waals surface area contributed by atoms with E-state index in [9.17, 15) is 0 Å². The van der Waals surface area contributed by atoms with Gasteiger partial charge in [0.05, 0.1) is 0 Å². The largest absolute Gasteiger partial charge is 0.0625 e. The fourth-order valence-electron chi connectivity index (χ4n) is 3.74. The molecule has 0 N–H and O–H groups in total. The lowest BCUT2D eigenvalue weighted by molar-refractivity contribution is 0.116. The highest BCUT2D eigenvalue weighted by Gasteiger charge is 2.39. The second-order valence-corrected chi connectivity index (χ2v) is 6.52. The summed E-state index contributed by atoms with van der Waals surface area (Å²) in [6.45, 7) is 7.30. The average Bonchev–Trinajstić information content (AvgIpc) is 2.71. The van der Waals surface area contributed by atoms with Gasteiger partial charge in [0, 0.05) is 0 Å². The summed E-state index contributed by atoms with van der Waals surface area (Å²) in [4.78, 5) is 0. The van der Waals surface area contributed by atoms with Gasteiger partial charge in [-0.05, 0) is 61.7 Å². The molecule has 87 valence electrons. The van der Waals surface area contributed by atoms with E-state index in [1.165, 1.54) is 44.9 Å². The Balaban J connectivity index is 1.90. The van der Waals surface area contributed by atoms with Gasteiger partial charge in [0.2, 0.25) is 0 Å². The van der Waals surface area contributed by atoms with Crippen molar-refractivity contribution in [2.45, 2.75) is 65.7 Å². The molecule has 2 aliphatic rings. The smallest absolute Gasteiger partial charge is 0.0295 e. The molecule has 0 saturated heterocycles. The molecule has 0 amide bonds. The molecule has 0 nitrogen and oxygen atoms in total. The molecule has 2 saturated carbocycles. The van der Waals surface area contributed by atoms with Crippen LogP contribution in [0.1, 0.15) is 65.7 Å². The molecule has 2 aliphatic carbocycles. The molecule has 2 unspecified atom stereocenters. The Bertz CT molecular complexity index is 190. The third-order valence-electron chi connectivity index (χ3n) is 5.13. The predicted molar refractivity (Wildman–Crippen MR) is 66.5 cm³/mol. The Morgan fingerprint density at radius 1 is 1.13 bits per heavy atom. The van der Waals surface area contributed by atoms with Crippen LogP contribution in [0.25, 0.3) is 0 Å². The van der Waals surface area contributed by atoms with Crippen LogP contribution in [-0.2, 0) is 0 Å². The zero-order valence-corrected chi connectivity index (χ0v) is 10.8. The first-order chi connectivity index (χ1) is 7.12. The molecule has 0 aromatic rings. The molecule has 0 heteroatoms. The lowest BCUT2D eigenvalue weighted by atomic mass is 9.63. The highest BCUT2D eigenvalue weighted by atomic mass is 14.4.